The van der Waals surface area contributed by atoms with E-state index in [1.807, 2.05) is 4.90 Å². The summed E-state index contributed by atoms with van der Waals surface area (Å²) in [5.74, 6) is 0.359. The Morgan fingerprint density at radius 2 is 2.10 bits per heavy atom. The van der Waals surface area contributed by atoms with Gasteiger partial charge in [0.1, 0.15) is 11.6 Å². The van der Waals surface area contributed by atoms with Crippen LogP contribution in [0.2, 0.25) is 0 Å². The van der Waals surface area contributed by atoms with Gasteiger partial charge in [-0.3, -0.25) is 4.79 Å². The summed E-state index contributed by atoms with van der Waals surface area (Å²) in [4.78, 5) is 14.0. The van der Waals surface area contributed by atoms with E-state index in [4.69, 9.17) is 4.74 Å². The van der Waals surface area contributed by atoms with Gasteiger partial charge in [-0.25, -0.2) is 4.39 Å². The van der Waals surface area contributed by atoms with Gasteiger partial charge >= 0.3 is 0 Å². The molecule has 2 atom stereocenters. The zero-order chi connectivity index (χ0) is 15.2. The molecule has 1 amide bonds. The summed E-state index contributed by atoms with van der Waals surface area (Å²) in [5, 5.41) is 3.40. The molecule has 1 heterocycles. The van der Waals surface area contributed by atoms with Gasteiger partial charge in [0.25, 0.3) is 0 Å². The van der Waals surface area contributed by atoms with Crippen LogP contribution in [0.5, 0.6) is 5.75 Å². The standard InChI is InChI=1S/C16H23FN2O2/c1-12-10-19(11-13(2)18-12)16(20)7-4-8-21-15-6-3-5-14(17)9-15/h3,5-6,9,12-13,18H,4,7-8,10-11H2,1-2H3/t12-,13-/m0/s1. The topological polar surface area (TPSA) is 41.6 Å². The number of nitrogens with zero attached hydrogens (tertiary/aromatic N) is 1. The summed E-state index contributed by atoms with van der Waals surface area (Å²) < 4.78 is 18.4. The van der Waals surface area contributed by atoms with Gasteiger partial charge in [0.2, 0.25) is 5.91 Å². The first kappa shape index (κ1) is 15.8. The summed E-state index contributed by atoms with van der Waals surface area (Å²) in [6, 6.07) is 6.72. The molecule has 0 spiro atoms. The fourth-order valence-corrected chi connectivity index (χ4v) is 2.66. The number of ether oxygens (including phenoxy) is 1. The molecule has 1 aliphatic rings. The average Bonchev–Trinajstić information content (AvgIpc) is 2.42. The monoisotopic (exact) mass is 294 g/mol. The number of carbonyl (C=O) groups excluding carboxylic acids is 1. The van der Waals surface area contributed by atoms with Crippen LogP contribution in [-0.2, 0) is 4.79 Å². The molecule has 1 aromatic rings. The van der Waals surface area contributed by atoms with E-state index in [-0.39, 0.29) is 11.7 Å². The fourth-order valence-electron chi connectivity index (χ4n) is 2.66. The molecule has 0 radical (unpaired) electrons. The molecule has 1 N–H and O–H groups in total. The van der Waals surface area contributed by atoms with E-state index in [9.17, 15) is 9.18 Å². The van der Waals surface area contributed by atoms with Gasteiger partial charge in [0.15, 0.2) is 0 Å². The van der Waals surface area contributed by atoms with Gasteiger partial charge in [0, 0.05) is 37.7 Å². The third kappa shape index (κ3) is 5.01. The highest BCUT2D eigenvalue weighted by molar-refractivity contribution is 5.76. The lowest BCUT2D eigenvalue weighted by molar-refractivity contribution is -0.133. The molecule has 5 heteroatoms. The van der Waals surface area contributed by atoms with E-state index in [0.717, 1.165) is 13.1 Å². The van der Waals surface area contributed by atoms with Crippen molar-refractivity contribution in [1.82, 2.24) is 10.2 Å². The van der Waals surface area contributed by atoms with Crippen molar-refractivity contribution in [2.45, 2.75) is 38.8 Å². The number of piperazine rings is 1. The van der Waals surface area contributed by atoms with Crippen LogP contribution in [-0.4, -0.2) is 42.6 Å². The van der Waals surface area contributed by atoms with Crippen molar-refractivity contribution < 1.29 is 13.9 Å². The fraction of sp³-hybridized carbons (Fsp3) is 0.562. The minimum absolute atomic E-state index is 0.165. The molecule has 0 saturated carbocycles. The number of rotatable bonds is 5. The molecular weight excluding hydrogens is 271 g/mol. The van der Waals surface area contributed by atoms with E-state index < -0.39 is 0 Å². The Hall–Kier alpha value is -1.62. The lowest BCUT2D eigenvalue weighted by atomic mass is 10.1. The Morgan fingerprint density at radius 3 is 2.76 bits per heavy atom. The van der Waals surface area contributed by atoms with Crippen LogP contribution in [0, 0.1) is 5.82 Å². The summed E-state index contributed by atoms with van der Waals surface area (Å²) in [6.07, 6.45) is 1.11. The average molecular weight is 294 g/mol. The number of benzene rings is 1. The molecule has 1 aromatic carbocycles. The minimum atomic E-state index is -0.313. The molecule has 2 rings (SSSR count). The maximum Gasteiger partial charge on any atom is 0.222 e. The zero-order valence-corrected chi connectivity index (χ0v) is 12.6. The van der Waals surface area contributed by atoms with Crippen LogP contribution >= 0.6 is 0 Å². The van der Waals surface area contributed by atoms with Crippen LogP contribution < -0.4 is 10.1 Å². The van der Waals surface area contributed by atoms with Crippen molar-refractivity contribution in [1.29, 1.82) is 0 Å². The van der Waals surface area contributed by atoms with Crippen LogP contribution in [0.4, 0.5) is 4.39 Å². The number of carbonyl (C=O) groups is 1. The largest absolute Gasteiger partial charge is 0.493 e. The smallest absolute Gasteiger partial charge is 0.222 e. The van der Waals surface area contributed by atoms with E-state index in [2.05, 4.69) is 19.2 Å². The summed E-state index contributed by atoms with van der Waals surface area (Å²) in [5.41, 5.74) is 0. The predicted octanol–water partition coefficient (Wildman–Crippen LogP) is 2.19. The highest BCUT2D eigenvalue weighted by Gasteiger charge is 2.24. The zero-order valence-electron chi connectivity index (χ0n) is 12.6. The minimum Gasteiger partial charge on any atom is -0.493 e. The molecule has 1 fully saturated rings. The second-order valence-electron chi connectivity index (χ2n) is 5.68. The third-order valence-corrected chi connectivity index (χ3v) is 3.51. The molecule has 0 aromatic heterocycles. The summed E-state index contributed by atoms with van der Waals surface area (Å²) in [6.45, 7) is 6.11. The van der Waals surface area contributed by atoms with Crippen molar-refractivity contribution in [2.75, 3.05) is 19.7 Å². The van der Waals surface area contributed by atoms with Crippen LogP contribution in [0.1, 0.15) is 26.7 Å². The molecule has 0 bridgehead atoms. The maximum atomic E-state index is 13.0. The van der Waals surface area contributed by atoms with Crippen LogP contribution in [0.25, 0.3) is 0 Å². The molecule has 0 unspecified atom stereocenters. The van der Waals surface area contributed by atoms with E-state index in [1.54, 1.807) is 12.1 Å². The highest BCUT2D eigenvalue weighted by atomic mass is 19.1. The SMILES string of the molecule is C[C@H]1CN(C(=O)CCCOc2cccc(F)c2)C[C@H](C)N1. The Labute approximate surface area is 125 Å². The normalized spacial score (nSPS) is 22.1. The lowest BCUT2D eigenvalue weighted by Crippen LogP contribution is -2.55. The van der Waals surface area contributed by atoms with Crippen molar-refractivity contribution in [3.05, 3.63) is 30.1 Å². The maximum absolute atomic E-state index is 13.0. The van der Waals surface area contributed by atoms with E-state index in [1.165, 1.54) is 12.1 Å². The molecule has 21 heavy (non-hydrogen) atoms. The van der Waals surface area contributed by atoms with Crippen molar-refractivity contribution in [2.24, 2.45) is 0 Å². The van der Waals surface area contributed by atoms with Gasteiger partial charge in [-0.05, 0) is 32.4 Å². The molecule has 0 aliphatic carbocycles. The Morgan fingerprint density at radius 1 is 1.38 bits per heavy atom. The van der Waals surface area contributed by atoms with E-state index >= 15 is 0 Å². The quantitative estimate of drug-likeness (QED) is 0.847. The first-order chi connectivity index (χ1) is 10.0. The van der Waals surface area contributed by atoms with Gasteiger partial charge < -0.3 is 15.0 Å². The first-order valence-corrected chi connectivity index (χ1v) is 7.47. The van der Waals surface area contributed by atoms with Gasteiger partial charge in [0.05, 0.1) is 6.61 Å². The Kier molecular flexibility index (Phi) is 5.56. The lowest BCUT2D eigenvalue weighted by Gasteiger charge is -2.36. The Balaban J connectivity index is 1.69. The van der Waals surface area contributed by atoms with Crippen molar-refractivity contribution in [3.8, 4) is 5.75 Å². The van der Waals surface area contributed by atoms with Gasteiger partial charge in [-0.2, -0.15) is 0 Å². The summed E-state index contributed by atoms with van der Waals surface area (Å²) >= 11 is 0. The highest BCUT2D eigenvalue weighted by Crippen LogP contribution is 2.13. The van der Waals surface area contributed by atoms with Crippen molar-refractivity contribution in [3.63, 3.8) is 0 Å². The number of halogens is 1. The summed E-state index contributed by atoms with van der Waals surface area (Å²) in [7, 11) is 0. The van der Waals surface area contributed by atoms with Crippen LogP contribution in [0.15, 0.2) is 24.3 Å². The Bertz CT molecular complexity index is 471. The van der Waals surface area contributed by atoms with E-state index in [0.29, 0.717) is 37.3 Å². The predicted molar refractivity (Wildman–Crippen MR) is 79.8 cm³/mol. The number of hydrogen-bond donors (Lipinski definition) is 1. The molecule has 1 aliphatic heterocycles. The number of amides is 1. The number of hydrogen-bond acceptors (Lipinski definition) is 3. The molecule has 116 valence electrons. The second-order valence-corrected chi connectivity index (χ2v) is 5.68. The van der Waals surface area contributed by atoms with Gasteiger partial charge in [-0.15, -0.1) is 0 Å². The molecular formula is C16H23FN2O2. The van der Waals surface area contributed by atoms with Crippen molar-refractivity contribution >= 4 is 5.91 Å². The van der Waals surface area contributed by atoms with Gasteiger partial charge in [-0.1, -0.05) is 6.07 Å². The third-order valence-electron chi connectivity index (χ3n) is 3.51. The molecule has 1 saturated heterocycles. The first-order valence-electron chi connectivity index (χ1n) is 7.47. The second kappa shape index (κ2) is 7.41. The number of nitrogens with one attached hydrogen (secondary N) is 1. The molecule has 4 nitrogen and oxygen atoms in total. The van der Waals surface area contributed by atoms with Crippen LogP contribution in [0.3, 0.4) is 0 Å².